The number of nitrogens with zero attached hydrogens (tertiary/aromatic N) is 1. The number of ether oxygens (including phenoxy) is 1. The summed E-state index contributed by atoms with van der Waals surface area (Å²) in [4.78, 5) is 15.2. The van der Waals surface area contributed by atoms with Crippen LogP contribution in [0, 0.1) is 5.92 Å². The van der Waals surface area contributed by atoms with Gasteiger partial charge in [0.15, 0.2) is 5.78 Å². The summed E-state index contributed by atoms with van der Waals surface area (Å²) in [5.74, 6) is -1.47. The van der Waals surface area contributed by atoms with Gasteiger partial charge in [0.25, 0.3) is 0 Å². The van der Waals surface area contributed by atoms with Crippen LogP contribution in [0.3, 0.4) is 0 Å². The molecule has 0 radical (unpaired) electrons. The predicted octanol–water partition coefficient (Wildman–Crippen LogP) is 2.13. The third kappa shape index (κ3) is 2.21. The van der Waals surface area contributed by atoms with E-state index in [2.05, 4.69) is 9.73 Å². The Balaban J connectivity index is 2.22. The fraction of sp³-hybridized carbons (Fsp3) is 0.200. The molecule has 3 nitrogen and oxygen atoms in total. The number of carbonyl (C=O) groups excluding carboxylic acids is 1. The molecule has 0 fully saturated rings. The van der Waals surface area contributed by atoms with Crippen molar-refractivity contribution in [3.8, 4) is 0 Å². The van der Waals surface area contributed by atoms with E-state index in [0.717, 1.165) is 12.2 Å². The number of hydrogen-bond donors (Lipinski definition) is 0. The number of aliphatic imine (C=N–C) groups is 1. The first kappa shape index (κ1) is 10.7. The highest BCUT2D eigenvalue weighted by Gasteiger charge is 2.33. The van der Waals surface area contributed by atoms with Crippen molar-refractivity contribution in [1.29, 1.82) is 0 Å². The molecule has 1 atom stereocenters. The lowest BCUT2D eigenvalue weighted by atomic mass is 9.92. The van der Waals surface area contributed by atoms with Gasteiger partial charge in [0.05, 0.1) is 11.6 Å². The minimum absolute atomic E-state index is 0.308. The summed E-state index contributed by atoms with van der Waals surface area (Å²) in [5, 5.41) is 0. The highest BCUT2D eigenvalue weighted by atomic mass is 19.4. The van der Waals surface area contributed by atoms with Crippen LogP contribution in [0.2, 0.25) is 0 Å². The van der Waals surface area contributed by atoms with Gasteiger partial charge in [-0.3, -0.25) is 9.79 Å². The lowest BCUT2D eigenvalue weighted by molar-refractivity contribution is -0.303. The van der Waals surface area contributed by atoms with E-state index in [1.165, 1.54) is 18.4 Å². The minimum Gasteiger partial charge on any atom is -0.406 e. The van der Waals surface area contributed by atoms with Gasteiger partial charge in [0.1, 0.15) is 5.76 Å². The zero-order chi connectivity index (χ0) is 11.8. The number of ketones is 1. The molecule has 1 aliphatic heterocycles. The van der Waals surface area contributed by atoms with Crippen molar-refractivity contribution in [1.82, 2.24) is 0 Å². The monoisotopic (exact) mass is 229 g/mol. The second-order valence-corrected chi connectivity index (χ2v) is 3.20. The first-order chi connectivity index (χ1) is 7.46. The Morgan fingerprint density at radius 1 is 1.25 bits per heavy atom. The summed E-state index contributed by atoms with van der Waals surface area (Å²) in [7, 11) is 0. The van der Waals surface area contributed by atoms with E-state index in [1.807, 2.05) is 0 Å². The number of hydrogen-bond acceptors (Lipinski definition) is 3. The molecule has 0 saturated heterocycles. The van der Waals surface area contributed by atoms with Gasteiger partial charge in [0, 0.05) is 12.3 Å². The van der Waals surface area contributed by atoms with E-state index in [-0.39, 0.29) is 11.5 Å². The Morgan fingerprint density at radius 2 is 2.00 bits per heavy atom. The van der Waals surface area contributed by atoms with Gasteiger partial charge in [-0.25, -0.2) is 0 Å². The van der Waals surface area contributed by atoms with Crippen LogP contribution in [-0.2, 0) is 9.53 Å². The van der Waals surface area contributed by atoms with Crippen molar-refractivity contribution in [3.63, 3.8) is 0 Å². The fourth-order valence-corrected chi connectivity index (χ4v) is 1.43. The second kappa shape index (κ2) is 3.62. The third-order valence-electron chi connectivity index (χ3n) is 2.07. The van der Waals surface area contributed by atoms with E-state index < -0.39 is 12.3 Å². The Kier molecular flexibility index (Phi) is 2.41. The van der Waals surface area contributed by atoms with Crippen molar-refractivity contribution in [2.24, 2.45) is 10.9 Å². The lowest BCUT2D eigenvalue weighted by Crippen LogP contribution is -2.25. The van der Waals surface area contributed by atoms with Crippen molar-refractivity contribution < 1.29 is 22.7 Å². The molecule has 1 heterocycles. The Labute approximate surface area is 88.6 Å². The number of rotatable bonds is 1. The molecule has 1 unspecified atom stereocenters. The van der Waals surface area contributed by atoms with Crippen molar-refractivity contribution in [2.45, 2.75) is 6.36 Å². The maximum atomic E-state index is 11.9. The van der Waals surface area contributed by atoms with Gasteiger partial charge in [-0.05, 0) is 18.2 Å². The van der Waals surface area contributed by atoms with Crippen LogP contribution >= 0.6 is 0 Å². The van der Waals surface area contributed by atoms with Crippen molar-refractivity contribution in [3.05, 3.63) is 36.3 Å². The van der Waals surface area contributed by atoms with Crippen LogP contribution in [0.25, 0.3) is 0 Å². The molecule has 0 aromatic heterocycles. The average molecular weight is 229 g/mol. The highest BCUT2D eigenvalue weighted by molar-refractivity contribution is 6.17. The molecular weight excluding hydrogens is 223 g/mol. The Hall–Kier alpha value is -1.85. The zero-order valence-corrected chi connectivity index (χ0v) is 7.86. The van der Waals surface area contributed by atoms with Crippen LogP contribution in [0.1, 0.15) is 0 Å². The standard InChI is InChI=1S/C10H6F3NO2/c11-10(12,13)16-6-1-2-8-7(5-6)9(15)3-4-14-8/h1-5,7H. The first-order valence-electron chi connectivity index (χ1n) is 4.39. The highest BCUT2D eigenvalue weighted by Crippen LogP contribution is 2.26. The third-order valence-corrected chi connectivity index (χ3v) is 2.07. The summed E-state index contributed by atoms with van der Waals surface area (Å²) in [6.45, 7) is 0. The summed E-state index contributed by atoms with van der Waals surface area (Å²) in [6.07, 6.45) is 1.37. The number of alkyl halides is 3. The van der Waals surface area contributed by atoms with Gasteiger partial charge in [0.2, 0.25) is 0 Å². The molecule has 6 heteroatoms. The topological polar surface area (TPSA) is 38.7 Å². The quantitative estimate of drug-likeness (QED) is 0.690. The lowest BCUT2D eigenvalue weighted by Gasteiger charge is -2.19. The molecule has 0 spiro atoms. The van der Waals surface area contributed by atoms with Crippen LogP contribution in [0.15, 0.2) is 41.3 Å². The Morgan fingerprint density at radius 3 is 2.69 bits per heavy atom. The normalized spacial score (nSPS) is 23.7. The average Bonchev–Trinajstić information content (AvgIpc) is 2.17. The van der Waals surface area contributed by atoms with Gasteiger partial charge in [-0.15, -0.1) is 13.2 Å². The number of halogens is 3. The van der Waals surface area contributed by atoms with Crippen molar-refractivity contribution in [2.75, 3.05) is 0 Å². The van der Waals surface area contributed by atoms with Crippen LogP contribution < -0.4 is 0 Å². The Bertz CT molecular complexity index is 443. The molecule has 1 aliphatic carbocycles. The molecule has 84 valence electrons. The largest absolute Gasteiger partial charge is 0.573 e. The molecule has 0 amide bonds. The second-order valence-electron chi connectivity index (χ2n) is 3.20. The molecular formula is C10H6F3NO2. The molecule has 0 N–H and O–H groups in total. The number of carbonyl (C=O) groups is 1. The fourth-order valence-electron chi connectivity index (χ4n) is 1.43. The molecule has 16 heavy (non-hydrogen) atoms. The SMILES string of the molecule is O=C1C=CN=C2C=CC(OC(F)(F)F)=CC12. The summed E-state index contributed by atoms with van der Waals surface area (Å²) in [6, 6.07) is 0. The summed E-state index contributed by atoms with van der Waals surface area (Å²) >= 11 is 0. The summed E-state index contributed by atoms with van der Waals surface area (Å²) < 4.78 is 39.5. The van der Waals surface area contributed by atoms with Gasteiger partial charge >= 0.3 is 6.36 Å². The van der Waals surface area contributed by atoms with Crippen molar-refractivity contribution >= 4 is 11.5 Å². The van der Waals surface area contributed by atoms with Crippen LogP contribution in [0.5, 0.6) is 0 Å². The molecule has 0 aromatic rings. The first-order valence-corrected chi connectivity index (χ1v) is 4.39. The van der Waals surface area contributed by atoms with E-state index in [0.29, 0.717) is 5.71 Å². The molecule has 0 saturated carbocycles. The predicted molar refractivity (Wildman–Crippen MR) is 49.4 cm³/mol. The molecule has 0 aromatic carbocycles. The zero-order valence-electron chi connectivity index (χ0n) is 7.86. The van der Waals surface area contributed by atoms with E-state index in [9.17, 15) is 18.0 Å². The van der Waals surface area contributed by atoms with Gasteiger partial charge in [-0.2, -0.15) is 0 Å². The van der Waals surface area contributed by atoms with Gasteiger partial charge in [-0.1, -0.05) is 0 Å². The van der Waals surface area contributed by atoms with E-state index in [4.69, 9.17) is 0 Å². The maximum Gasteiger partial charge on any atom is 0.573 e. The van der Waals surface area contributed by atoms with Crippen LogP contribution in [0.4, 0.5) is 13.2 Å². The van der Waals surface area contributed by atoms with Crippen LogP contribution in [-0.4, -0.2) is 17.9 Å². The smallest absolute Gasteiger partial charge is 0.406 e. The summed E-state index contributed by atoms with van der Waals surface area (Å²) in [5.41, 5.74) is 0.419. The molecule has 2 rings (SSSR count). The minimum atomic E-state index is -4.75. The number of allylic oxidation sites excluding steroid dienone is 4. The number of fused-ring (bicyclic) bond motifs is 1. The molecule has 2 aliphatic rings. The van der Waals surface area contributed by atoms with E-state index >= 15 is 0 Å². The maximum absolute atomic E-state index is 11.9. The van der Waals surface area contributed by atoms with E-state index in [1.54, 1.807) is 0 Å². The van der Waals surface area contributed by atoms with Gasteiger partial charge < -0.3 is 4.74 Å². The molecule has 0 bridgehead atoms.